The van der Waals surface area contributed by atoms with Crippen LogP contribution in [0.15, 0.2) is 30.0 Å². The summed E-state index contributed by atoms with van der Waals surface area (Å²) in [4.78, 5) is 3.94. The molecule has 0 saturated heterocycles. The molecule has 4 heteroatoms. The minimum Gasteiger partial charge on any atom is -0.451 e. The van der Waals surface area contributed by atoms with E-state index in [1.54, 1.807) is 25.3 Å². The van der Waals surface area contributed by atoms with E-state index < -0.39 is 0 Å². The van der Waals surface area contributed by atoms with E-state index in [-0.39, 0.29) is 5.88 Å². The number of aromatic nitrogens is 1. The van der Waals surface area contributed by atoms with Crippen LogP contribution in [0, 0.1) is 0 Å². The second kappa shape index (κ2) is 2.41. The maximum Gasteiger partial charge on any atom is 0.264 e. The van der Waals surface area contributed by atoms with E-state index in [0.717, 1.165) is 0 Å². The Morgan fingerprint density at radius 1 is 1.42 bits per heavy atom. The molecule has 0 fully saturated rings. The third-order valence-corrected chi connectivity index (χ3v) is 1.55. The van der Waals surface area contributed by atoms with Crippen LogP contribution in [-0.4, -0.2) is 4.98 Å². The van der Waals surface area contributed by atoms with Crippen LogP contribution in [0.5, 0.6) is 11.6 Å². The minimum atomic E-state index is 0.265. The van der Waals surface area contributed by atoms with Gasteiger partial charge in [-0.3, -0.25) is 0 Å². The van der Waals surface area contributed by atoms with Crippen LogP contribution in [0.25, 0.3) is 0 Å². The fourth-order valence-electron chi connectivity index (χ4n) is 0.922. The lowest BCUT2D eigenvalue weighted by atomic mass is 10.4. The Hall–Kier alpha value is -1.71. The zero-order valence-electron chi connectivity index (χ0n) is 6.57. The van der Waals surface area contributed by atoms with Gasteiger partial charge in [-0.2, -0.15) is 0 Å². The van der Waals surface area contributed by atoms with Crippen molar-refractivity contribution in [3.8, 4) is 11.6 Å². The molecule has 62 valence electrons. The lowest BCUT2D eigenvalue weighted by molar-refractivity contribution is 0.282. The van der Waals surface area contributed by atoms with Gasteiger partial charge in [-0.15, -0.1) is 0 Å². The Bertz CT molecular complexity index is 314. The van der Waals surface area contributed by atoms with Crippen LogP contribution in [-0.2, 0) is 0 Å². The molecule has 0 unspecified atom stereocenters. The molecule has 0 amide bonds. The van der Waals surface area contributed by atoms with Crippen LogP contribution in [0.2, 0.25) is 0 Å². The summed E-state index contributed by atoms with van der Waals surface area (Å²) < 4.78 is 10.5. The number of nitrogens with two attached hydrogens (primary N) is 1. The first-order chi connectivity index (χ1) is 5.77. The third-order valence-electron chi connectivity index (χ3n) is 1.55. The van der Waals surface area contributed by atoms with Crippen molar-refractivity contribution >= 4 is 0 Å². The van der Waals surface area contributed by atoms with Crippen molar-refractivity contribution in [1.29, 1.82) is 0 Å². The zero-order chi connectivity index (χ0) is 8.55. The molecule has 4 nitrogen and oxygen atoms in total. The highest BCUT2D eigenvalue weighted by atomic mass is 16.6. The van der Waals surface area contributed by atoms with E-state index in [0.29, 0.717) is 17.4 Å². The fourth-order valence-corrected chi connectivity index (χ4v) is 0.922. The molecule has 0 bridgehead atoms. The van der Waals surface area contributed by atoms with Gasteiger partial charge in [0.1, 0.15) is 0 Å². The van der Waals surface area contributed by atoms with E-state index in [2.05, 4.69) is 4.98 Å². The molecule has 2 heterocycles. The molecule has 0 radical (unpaired) electrons. The molecule has 0 saturated carbocycles. The Morgan fingerprint density at radius 2 is 2.25 bits per heavy atom. The predicted octanol–water partition coefficient (Wildman–Crippen LogP) is 1.00. The zero-order valence-corrected chi connectivity index (χ0v) is 6.57. The number of rotatable bonds is 0. The van der Waals surface area contributed by atoms with Gasteiger partial charge >= 0.3 is 0 Å². The predicted molar refractivity (Wildman–Crippen MR) is 42.4 cm³/mol. The molecular weight excluding hydrogens is 156 g/mol. The summed E-state index contributed by atoms with van der Waals surface area (Å²) in [6, 6.07) is 3.55. The van der Waals surface area contributed by atoms with Crippen LogP contribution < -0.4 is 15.2 Å². The summed E-state index contributed by atoms with van der Waals surface area (Å²) >= 11 is 0. The standard InChI is InChI=1S/C8H8N2O2/c1-5-7(9)12-8-6(11-5)3-2-4-10-8/h2-4H,9H2,1H3. The first kappa shape index (κ1) is 6.97. The second-order valence-electron chi connectivity index (χ2n) is 2.43. The average molecular weight is 164 g/mol. The van der Waals surface area contributed by atoms with E-state index in [9.17, 15) is 0 Å². The molecule has 1 aliphatic heterocycles. The number of hydrogen-bond acceptors (Lipinski definition) is 4. The Kier molecular flexibility index (Phi) is 1.40. The summed E-state index contributed by atoms with van der Waals surface area (Å²) in [7, 11) is 0. The molecule has 1 aromatic heterocycles. The van der Waals surface area contributed by atoms with Crippen molar-refractivity contribution < 1.29 is 9.47 Å². The minimum absolute atomic E-state index is 0.265. The molecular formula is C8H8N2O2. The Balaban J connectivity index is 2.43. The van der Waals surface area contributed by atoms with Crippen LogP contribution in [0.1, 0.15) is 6.92 Å². The molecule has 1 aromatic rings. The summed E-state index contributed by atoms with van der Waals surface area (Å²) in [5, 5.41) is 0. The first-order valence-electron chi connectivity index (χ1n) is 3.54. The van der Waals surface area contributed by atoms with Gasteiger partial charge in [-0.25, -0.2) is 4.98 Å². The summed E-state index contributed by atoms with van der Waals surface area (Å²) in [6.45, 7) is 1.74. The smallest absolute Gasteiger partial charge is 0.264 e. The second-order valence-corrected chi connectivity index (χ2v) is 2.43. The van der Waals surface area contributed by atoms with Crippen molar-refractivity contribution in [2.24, 2.45) is 5.73 Å². The molecule has 0 spiro atoms. The van der Waals surface area contributed by atoms with E-state index in [4.69, 9.17) is 15.2 Å². The van der Waals surface area contributed by atoms with Gasteiger partial charge in [0.25, 0.3) is 5.88 Å². The van der Waals surface area contributed by atoms with E-state index in [1.165, 1.54) is 0 Å². The number of hydrogen-bond donors (Lipinski definition) is 1. The molecule has 2 N–H and O–H groups in total. The molecule has 0 aliphatic carbocycles. The lowest BCUT2D eigenvalue weighted by Gasteiger charge is -2.17. The number of allylic oxidation sites excluding steroid dienone is 1. The van der Waals surface area contributed by atoms with E-state index >= 15 is 0 Å². The monoisotopic (exact) mass is 164 g/mol. The maximum atomic E-state index is 5.49. The SMILES string of the molecule is CC1=C(N)Oc2ncccc2O1. The summed E-state index contributed by atoms with van der Waals surface area (Å²) in [5.41, 5.74) is 5.49. The van der Waals surface area contributed by atoms with Gasteiger partial charge in [-0.05, 0) is 19.1 Å². The van der Waals surface area contributed by atoms with Gasteiger partial charge in [0.05, 0.1) is 0 Å². The number of nitrogens with zero attached hydrogens (tertiary/aromatic N) is 1. The third kappa shape index (κ3) is 0.972. The highest BCUT2D eigenvalue weighted by Gasteiger charge is 2.16. The van der Waals surface area contributed by atoms with Crippen molar-refractivity contribution in [2.45, 2.75) is 6.92 Å². The molecule has 2 rings (SSSR count). The summed E-state index contributed by atoms with van der Waals surface area (Å²) in [6.07, 6.45) is 1.62. The van der Waals surface area contributed by atoms with Crippen LogP contribution in [0.3, 0.4) is 0 Å². The highest BCUT2D eigenvalue weighted by molar-refractivity contribution is 5.37. The summed E-state index contributed by atoms with van der Waals surface area (Å²) in [5.74, 6) is 1.85. The van der Waals surface area contributed by atoms with Crippen molar-refractivity contribution in [3.63, 3.8) is 0 Å². The van der Waals surface area contributed by atoms with Crippen molar-refractivity contribution in [2.75, 3.05) is 0 Å². The molecule has 0 aromatic carbocycles. The van der Waals surface area contributed by atoms with Gasteiger partial charge in [-0.1, -0.05) is 0 Å². The normalized spacial score (nSPS) is 14.8. The average Bonchev–Trinajstić information content (AvgIpc) is 2.07. The molecule has 0 atom stereocenters. The number of fused-ring (bicyclic) bond motifs is 1. The maximum absolute atomic E-state index is 5.49. The first-order valence-corrected chi connectivity index (χ1v) is 3.54. The van der Waals surface area contributed by atoms with E-state index in [1.807, 2.05) is 0 Å². The van der Waals surface area contributed by atoms with Crippen molar-refractivity contribution in [1.82, 2.24) is 4.98 Å². The number of pyridine rings is 1. The van der Waals surface area contributed by atoms with Gasteiger partial charge in [0.2, 0.25) is 5.88 Å². The molecule has 12 heavy (non-hydrogen) atoms. The number of ether oxygens (including phenoxy) is 2. The lowest BCUT2D eigenvalue weighted by Crippen LogP contribution is -2.17. The van der Waals surface area contributed by atoms with Gasteiger partial charge in [0, 0.05) is 6.20 Å². The van der Waals surface area contributed by atoms with Crippen LogP contribution >= 0.6 is 0 Å². The fraction of sp³-hybridized carbons (Fsp3) is 0.125. The van der Waals surface area contributed by atoms with Gasteiger partial charge in [0.15, 0.2) is 11.5 Å². The van der Waals surface area contributed by atoms with Crippen LogP contribution in [0.4, 0.5) is 0 Å². The topological polar surface area (TPSA) is 57.4 Å². The molecule has 1 aliphatic rings. The highest BCUT2D eigenvalue weighted by Crippen LogP contribution is 2.30. The van der Waals surface area contributed by atoms with Gasteiger partial charge < -0.3 is 15.2 Å². The Labute approximate surface area is 69.6 Å². The Morgan fingerprint density at radius 3 is 3.08 bits per heavy atom. The largest absolute Gasteiger partial charge is 0.451 e. The quantitative estimate of drug-likeness (QED) is 0.621. The van der Waals surface area contributed by atoms with Crippen molar-refractivity contribution in [3.05, 3.63) is 30.0 Å².